The third kappa shape index (κ3) is 5.36. The van der Waals surface area contributed by atoms with Gasteiger partial charge in [0.25, 0.3) is 0 Å². The van der Waals surface area contributed by atoms with Gasteiger partial charge in [0.05, 0.1) is 5.92 Å². The molecule has 1 aromatic heterocycles. The quantitative estimate of drug-likeness (QED) is 0.819. The normalized spacial score (nSPS) is 13.3. The van der Waals surface area contributed by atoms with Crippen molar-refractivity contribution in [1.29, 1.82) is 0 Å². The van der Waals surface area contributed by atoms with Crippen molar-refractivity contribution in [2.75, 3.05) is 0 Å². The van der Waals surface area contributed by atoms with E-state index in [1.54, 1.807) is 6.20 Å². The smallest absolute Gasteiger partial charge is 0.227 e. The molecule has 0 saturated heterocycles. The Morgan fingerprint density at radius 2 is 1.96 bits per heavy atom. The van der Waals surface area contributed by atoms with Crippen LogP contribution in [0.15, 0.2) is 48.7 Å². The Kier molecular flexibility index (Phi) is 6.60. The summed E-state index contributed by atoms with van der Waals surface area (Å²) >= 11 is 5.94. The zero-order valence-corrected chi connectivity index (χ0v) is 14.4. The minimum absolute atomic E-state index is 0.0454. The van der Waals surface area contributed by atoms with Crippen LogP contribution in [0, 0.1) is 0 Å². The summed E-state index contributed by atoms with van der Waals surface area (Å²) in [5.41, 5.74) is 2.00. The molecule has 0 bridgehead atoms. The minimum Gasteiger partial charge on any atom is -0.353 e. The first kappa shape index (κ1) is 17.5. The van der Waals surface area contributed by atoms with Crippen molar-refractivity contribution in [2.45, 2.75) is 45.1 Å². The highest BCUT2D eigenvalue weighted by molar-refractivity contribution is 6.30. The highest BCUT2D eigenvalue weighted by Gasteiger charge is 2.21. The second kappa shape index (κ2) is 8.68. The van der Waals surface area contributed by atoms with Crippen LogP contribution in [-0.2, 0) is 11.2 Å². The van der Waals surface area contributed by atoms with Gasteiger partial charge in [0.15, 0.2) is 0 Å². The van der Waals surface area contributed by atoms with Gasteiger partial charge in [-0.05, 0) is 43.2 Å². The first-order valence-electron chi connectivity index (χ1n) is 8.06. The van der Waals surface area contributed by atoms with Gasteiger partial charge in [0.1, 0.15) is 0 Å². The lowest BCUT2D eigenvalue weighted by Crippen LogP contribution is -2.37. The number of hydrogen-bond acceptors (Lipinski definition) is 2. The Hall–Kier alpha value is -1.87. The molecular weight excluding hydrogens is 308 g/mol. The number of nitrogens with zero attached hydrogens (tertiary/aromatic N) is 1. The number of amides is 1. The van der Waals surface area contributed by atoms with Crippen LogP contribution in [-0.4, -0.2) is 16.9 Å². The van der Waals surface area contributed by atoms with E-state index in [0.717, 1.165) is 30.5 Å². The van der Waals surface area contributed by atoms with Crippen LogP contribution in [0.25, 0.3) is 0 Å². The molecule has 0 spiro atoms. The van der Waals surface area contributed by atoms with Gasteiger partial charge in [-0.1, -0.05) is 43.1 Å². The van der Waals surface area contributed by atoms with E-state index < -0.39 is 0 Å². The Morgan fingerprint density at radius 3 is 2.57 bits per heavy atom. The Bertz CT molecular complexity index is 613. The molecule has 3 nitrogen and oxygen atoms in total. The highest BCUT2D eigenvalue weighted by Crippen LogP contribution is 2.23. The maximum Gasteiger partial charge on any atom is 0.227 e. The molecule has 2 aromatic rings. The molecular formula is C19H23ClN2O. The summed E-state index contributed by atoms with van der Waals surface area (Å²) in [5.74, 6) is -0.0685. The number of carbonyl (C=O) groups excluding carboxylic acids is 1. The van der Waals surface area contributed by atoms with Crippen LogP contribution < -0.4 is 5.32 Å². The second-order valence-corrected chi connectivity index (χ2v) is 6.26. The molecule has 2 atom stereocenters. The van der Waals surface area contributed by atoms with E-state index in [-0.39, 0.29) is 17.9 Å². The van der Waals surface area contributed by atoms with Gasteiger partial charge in [-0.15, -0.1) is 0 Å². The third-order valence-electron chi connectivity index (χ3n) is 3.80. The van der Waals surface area contributed by atoms with Gasteiger partial charge < -0.3 is 5.32 Å². The molecule has 23 heavy (non-hydrogen) atoms. The zero-order valence-electron chi connectivity index (χ0n) is 13.6. The van der Waals surface area contributed by atoms with Crippen molar-refractivity contribution in [3.05, 3.63) is 64.9 Å². The summed E-state index contributed by atoms with van der Waals surface area (Å²) in [6.45, 7) is 4.10. The molecule has 0 radical (unpaired) electrons. The number of pyridine rings is 1. The molecule has 122 valence electrons. The highest BCUT2D eigenvalue weighted by atomic mass is 35.5. The molecule has 0 aliphatic heterocycles. The summed E-state index contributed by atoms with van der Waals surface area (Å²) in [4.78, 5) is 17.0. The first-order chi connectivity index (χ1) is 11.1. The summed E-state index contributed by atoms with van der Waals surface area (Å²) in [6, 6.07) is 13.4. The molecule has 1 heterocycles. The number of carbonyl (C=O) groups is 1. The van der Waals surface area contributed by atoms with Crippen LogP contribution in [0.2, 0.25) is 5.02 Å². The Balaban J connectivity index is 2.01. The number of halogens is 1. The number of benzene rings is 1. The van der Waals surface area contributed by atoms with E-state index in [9.17, 15) is 4.79 Å². The van der Waals surface area contributed by atoms with E-state index in [2.05, 4.69) is 17.2 Å². The first-order valence-corrected chi connectivity index (χ1v) is 8.43. The topological polar surface area (TPSA) is 42.0 Å². The monoisotopic (exact) mass is 330 g/mol. The van der Waals surface area contributed by atoms with Crippen LogP contribution in [0.1, 0.15) is 43.9 Å². The van der Waals surface area contributed by atoms with Gasteiger partial charge in [-0.3, -0.25) is 9.78 Å². The Morgan fingerprint density at radius 1 is 1.22 bits per heavy atom. The van der Waals surface area contributed by atoms with Crippen LogP contribution in [0.5, 0.6) is 0 Å². The lowest BCUT2D eigenvalue weighted by molar-refractivity contribution is -0.123. The molecule has 2 unspecified atom stereocenters. The number of rotatable bonds is 7. The van der Waals surface area contributed by atoms with E-state index in [1.165, 1.54) is 0 Å². The van der Waals surface area contributed by atoms with E-state index >= 15 is 0 Å². The second-order valence-electron chi connectivity index (χ2n) is 5.83. The van der Waals surface area contributed by atoms with Crippen LogP contribution in [0.3, 0.4) is 0 Å². The van der Waals surface area contributed by atoms with Gasteiger partial charge in [-0.2, -0.15) is 0 Å². The van der Waals surface area contributed by atoms with Crippen molar-refractivity contribution < 1.29 is 4.79 Å². The largest absolute Gasteiger partial charge is 0.353 e. The van der Waals surface area contributed by atoms with Crippen LogP contribution in [0.4, 0.5) is 0 Å². The Labute approximate surface area is 143 Å². The van der Waals surface area contributed by atoms with Crippen LogP contribution >= 0.6 is 11.6 Å². The fourth-order valence-corrected chi connectivity index (χ4v) is 2.79. The lowest BCUT2D eigenvalue weighted by Gasteiger charge is -2.20. The fraction of sp³-hybridized carbons (Fsp3) is 0.368. The van der Waals surface area contributed by atoms with Gasteiger partial charge in [0.2, 0.25) is 5.91 Å². The average molecular weight is 331 g/mol. The van der Waals surface area contributed by atoms with Crippen molar-refractivity contribution in [3.63, 3.8) is 0 Å². The van der Waals surface area contributed by atoms with Gasteiger partial charge in [0, 0.05) is 29.4 Å². The van der Waals surface area contributed by atoms with Crippen molar-refractivity contribution in [2.24, 2.45) is 0 Å². The number of nitrogens with one attached hydrogen (secondary N) is 1. The molecule has 0 aliphatic rings. The summed E-state index contributed by atoms with van der Waals surface area (Å²) in [5, 5.41) is 3.80. The predicted octanol–water partition coefficient (Wildman–Crippen LogP) is 4.37. The molecule has 2 rings (SSSR count). The molecule has 0 saturated carbocycles. The summed E-state index contributed by atoms with van der Waals surface area (Å²) < 4.78 is 0. The summed E-state index contributed by atoms with van der Waals surface area (Å²) in [7, 11) is 0. The predicted molar refractivity (Wildman–Crippen MR) is 94.6 cm³/mol. The van der Waals surface area contributed by atoms with Gasteiger partial charge in [-0.25, -0.2) is 0 Å². The van der Waals surface area contributed by atoms with E-state index in [0.29, 0.717) is 5.02 Å². The van der Waals surface area contributed by atoms with Gasteiger partial charge >= 0.3 is 0 Å². The summed E-state index contributed by atoms with van der Waals surface area (Å²) in [6.07, 6.45) is 4.28. The van der Waals surface area contributed by atoms with Crippen molar-refractivity contribution in [1.82, 2.24) is 10.3 Å². The molecule has 4 heteroatoms. The van der Waals surface area contributed by atoms with Crippen molar-refractivity contribution >= 4 is 17.5 Å². The standard InChI is InChI=1S/C19H23ClN2O/c1-3-6-18(15-8-10-16(20)11-9-15)19(23)22-14(2)13-17-7-4-5-12-21-17/h4-5,7-12,14,18H,3,6,13H2,1-2H3,(H,22,23). The lowest BCUT2D eigenvalue weighted by atomic mass is 9.93. The molecule has 1 N–H and O–H groups in total. The third-order valence-corrected chi connectivity index (χ3v) is 4.05. The molecule has 0 aliphatic carbocycles. The van der Waals surface area contributed by atoms with E-state index in [1.807, 2.05) is 49.4 Å². The van der Waals surface area contributed by atoms with E-state index in [4.69, 9.17) is 11.6 Å². The molecule has 0 fully saturated rings. The number of hydrogen-bond donors (Lipinski definition) is 1. The zero-order chi connectivity index (χ0) is 16.7. The maximum atomic E-state index is 12.7. The maximum absolute atomic E-state index is 12.7. The number of aromatic nitrogens is 1. The average Bonchev–Trinajstić information content (AvgIpc) is 2.54. The van der Waals surface area contributed by atoms with Crippen molar-refractivity contribution in [3.8, 4) is 0 Å². The SMILES string of the molecule is CCCC(C(=O)NC(C)Cc1ccccn1)c1ccc(Cl)cc1. The minimum atomic E-state index is -0.136. The molecule has 1 aromatic carbocycles. The fourth-order valence-electron chi connectivity index (χ4n) is 2.66. The molecule has 1 amide bonds.